The summed E-state index contributed by atoms with van der Waals surface area (Å²) < 4.78 is 0. The van der Waals surface area contributed by atoms with Crippen molar-refractivity contribution in [2.75, 3.05) is 0 Å². The fourth-order valence-corrected chi connectivity index (χ4v) is 0.234. The first-order chi connectivity index (χ1) is 3.27. The highest BCUT2D eigenvalue weighted by Gasteiger charge is 1.82. The van der Waals surface area contributed by atoms with Crippen LogP contribution < -0.4 is 5.73 Å². The molecule has 0 unspecified atom stereocenters. The Bertz CT molecular complexity index is 86.1. The predicted octanol–water partition coefficient (Wildman–Crippen LogP) is 0.438. The minimum Gasteiger partial charge on any atom is -0.369 e. The summed E-state index contributed by atoms with van der Waals surface area (Å²) in [7, 11) is 0. The minimum absolute atomic E-state index is 0.280. The Morgan fingerprint density at radius 1 is 1.86 bits per heavy atom. The third-order valence-corrected chi connectivity index (χ3v) is 0.555. The average molecular weight is 99.1 g/mol. The quantitative estimate of drug-likeness (QED) is 0.501. The molecule has 1 amide bonds. The van der Waals surface area contributed by atoms with E-state index < -0.39 is 0 Å². The number of hydrogen-bond acceptors (Lipinski definition) is 1. The Morgan fingerprint density at radius 2 is 2.43 bits per heavy atom. The molecule has 0 aliphatic heterocycles. The summed E-state index contributed by atoms with van der Waals surface area (Å²) in [6, 6.07) is 0. The normalized spacial score (nSPS) is 9.86. The number of hydrogen-bond donors (Lipinski definition) is 1. The van der Waals surface area contributed by atoms with Gasteiger partial charge >= 0.3 is 0 Å². The van der Waals surface area contributed by atoms with E-state index in [2.05, 4.69) is 0 Å². The third kappa shape index (κ3) is 5.21. The smallest absolute Gasteiger partial charge is 0.221 e. The molecular weight excluding hydrogens is 90.1 g/mol. The van der Waals surface area contributed by atoms with Gasteiger partial charge in [-0.15, -0.1) is 0 Å². The van der Waals surface area contributed by atoms with Crippen molar-refractivity contribution in [3.05, 3.63) is 12.2 Å². The second-order valence-corrected chi connectivity index (χ2v) is 1.24. The zero-order valence-corrected chi connectivity index (χ0v) is 4.35. The van der Waals surface area contributed by atoms with Crippen LogP contribution in [0.2, 0.25) is 0 Å². The van der Waals surface area contributed by atoms with Crippen LogP contribution in [0.25, 0.3) is 0 Å². The summed E-state index contributed by atoms with van der Waals surface area (Å²) in [5.41, 5.74) is 4.79. The van der Waals surface area contributed by atoms with Crippen molar-refractivity contribution in [1.29, 1.82) is 0 Å². The van der Waals surface area contributed by atoms with Gasteiger partial charge in [-0.3, -0.25) is 4.79 Å². The zero-order chi connectivity index (χ0) is 5.70. The molecule has 0 spiro atoms. The molecule has 7 heavy (non-hydrogen) atoms. The van der Waals surface area contributed by atoms with E-state index in [1.54, 1.807) is 12.2 Å². The molecule has 0 saturated heterocycles. The van der Waals surface area contributed by atoms with Crippen LogP contribution in [-0.4, -0.2) is 5.91 Å². The lowest BCUT2D eigenvalue weighted by molar-refractivity contribution is -0.117. The maximum absolute atomic E-state index is 9.93. The summed E-state index contributed by atoms with van der Waals surface area (Å²) in [5, 5.41) is 0. The van der Waals surface area contributed by atoms with Crippen molar-refractivity contribution in [2.24, 2.45) is 5.73 Å². The minimum atomic E-state index is -0.280. The highest BCUT2D eigenvalue weighted by Crippen LogP contribution is 1.76. The van der Waals surface area contributed by atoms with E-state index in [1.807, 2.05) is 6.92 Å². The van der Waals surface area contributed by atoms with Gasteiger partial charge < -0.3 is 5.73 Å². The van der Waals surface area contributed by atoms with Crippen molar-refractivity contribution in [3.63, 3.8) is 0 Å². The van der Waals surface area contributed by atoms with Gasteiger partial charge in [0.15, 0.2) is 0 Å². The van der Waals surface area contributed by atoms with Gasteiger partial charge in [0.05, 0.1) is 0 Å². The summed E-state index contributed by atoms with van der Waals surface area (Å²) in [5.74, 6) is -0.280. The molecule has 0 aromatic rings. The van der Waals surface area contributed by atoms with Crippen LogP contribution in [0.1, 0.15) is 13.3 Å². The van der Waals surface area contributed by atoms with Crippen LogP contribution in [0.15, 0.2) is 12.2 Å². The zero-order valence-electron chi connectivity index (χ0n) is 4.35. The fourth-order valence-electron chi connectivity index (χ4n) is 0.234. The van der Waals surface area contributed by atoms with E-state index in [9.17, 15) is 4.79 Å². The SMILES string of the molecule is CC=CCC(N)=O. The number of primary amides is 1. The number of rotatable bonds is 2. The van der Waals surface area contributed by atoms with Gasteiger partial charge in [-0.2, -0.15) is 0 Å². The van der Waals surface area contributed by atoms with Crippen molar-refractivity contribution < 1.29 is 4.79 Å². The maximum Gasteiger partial charge on any atom is 0.221 e. The lowest BCUT2D eigenvalue weighted by Gasteiger charge is -1.78. The van der Waals surface area contributed by atoms with Gasteiger partial charge in [0.25, 0.3) is 0 Å². The summed E-state index contributed by atoms with van der Waals surface area (Å²) in [6.45, 7) is 1.85. The van der Waals surface area contributed by atoms with Gasteiger partial charge in [0.1, 0.15) is 0 Å². The standard InChI is InChI=1S/C5H9NO/c1-2-3-4-5(6)7/h2-3H,4H2,1H3,(H2,6,7). The van der Waals surface area contributed by atoms with E-state index in [1.165, 1.54) is 0 Å². The molecular formula is C5H9NO. The van der Waals surface area contributed by atoms with Crippen LogP contribution in [0.4, 0.5) is 0 Å². The molecule has 0 aliphatic rings. The second-order valence-electron chi connectivity index (χ2n) is 1.24. The summed E-state index contributed by atoms with van der Waals surface area (Å²) >= 11 is 0. The highest BCUT2D eigenvalue weighted by molar-refractivity contribution is 5.75. The second kappa shape index (κ2) is 3.40. The number of carbonyl (C=O) groups is 1. The molecule has 2 N–H and O–H groups in total. The van der Waals surface area contributed by atoms with Gasteiger partial charge in [-0.25, -0.2) is 0 Å². The molecule has 0 aromatic carbocycles. The Morgan fingerprint density at radius 3 is 2.57 bits per heavy atom. The molecule has 0 saturated carbocycles. The van der Waals surface area contributed by atoms with Crippen LogP contribution in [-0.2, 0) is 4.79 Å². The average Bonchev–Trinajstić information content (AvgIpc) is 1.61. The molecule has 0 bridgehead atoms. The molecule has 0 radical (unpaired) electrons. The predicted molar refractivity (Wildman–Crippen MR) is 28.6 cm³/mol. The molecule has 0 aliphatic carbocycles. The Kier molecular flexibility index (Phi) is 3.02. The van der Waals surface area contributed by atoms with Crippen molar-refractivity contribution >= 4 is 5.91 Å². The van der Waals surface area contributed by atoms with E-state index in [0.717, 1.165) is 0 Å². The largest absolute Gasteiger partial charge is 0.369 e. The molecule has 0 atom stereocenters. The van der Waals surface area contributed by atoms with E-state index >= 15 is 0 Å². The molecule has 2 nitrogen and oxygen atoms in total. The van der Waals surface area contributed by atoms with Crippen molar-refractivity contribution in [3.8, 4) is 0 Å². The van der Waals surface area contributed by atoms with Crippen molar-refractivity contribution in [1.82, 2.24) is 0 Å². The van der Waals surface area contributed by atoms with Crippen molar-refractivity contribution in [2.45, 2.75) is 13.3 Å². The molecule has 0 rings (SSSR count). The van der Waals surface area contributed by atoms with Crippen LogP contribution >= 0.6 is 0 Å². The lowest BCUT2D eigenvalue weighted by Crippen LogP contribution is -2.07. The van der Waals surface area contributed by atoms with E-state index in [4.69, 9.17) is 5.73 Å². The van der Waals surface area contributed by atoms with Crippen LogP contribution in [0, 0.1) is 0 Å². The maximum atomic E-state index is 9.93. The van der Waals surface area contributed by atoms with Crippen LogP contribution in [0.5, 0.6) is 0 Å². The molecule has 0 fully saturated rings. The summed E-state index contributed by atoms with van der Waals surface area (Å²) in [6.07, 6.45) is 3.88. The number of amides is 1. The molecule has 2 heteroatoms. The molecule has 40 valence electrons. The van der Waals surface area contributed by atoms with Crippen LogP contribution in [0.3, 0.4) is 0 Å². The molecule has 0 heterocycles. The Hall–Kier alpha value is -0.790. The number of allylic oxidation sites excluding steroid dienone is 1. The first kappa shape index (κ1) is 6.21. The van der Waals surface area contributed by atoms with Gasteiger partial charge in [0.2, 0.25) is 5.91 Å². The first-order valence-electron chi connectivity index (χ1n) is 2.17. The van der Waals surface area contributed by atoms with E-state index in [0.29, 0.717) is 6.42 Å². The highest BCUT2D eigenvalue weighted by atomic mass is 16.1. The van der Waals surface area contributed by atoms with E-state index in [-0.39, 0.29) is 5.91 Å². The lowest BCUT2D eigenvalue weighted by atomic mass is 10.4. The Balaban J connectivity index is 3.14. The number of nitrogens with two attached hydrogens (primary N) is 1. The van der Waals surface area contributed by atoms with Gasteiger partial charge in [-0.05, 0) is 6.92 Å². The topological polar surface area (TPSA) is 43.1 Å². The summed E-state index contributed by atoms with van der Waals surface area (Å²) in [4.78, 5) is 9.93. The first-order valence-corrected chi connectivity index (χ1v) is 2.17. The monoisotopic (exact) mass is 99.1 g/mol. The van der Waals surface area contributed by atoms with Gasteiger partial charge in [-0.1, -0.05) is 12.2 Å². The third-order valence-electron chi connectivity index (χ3n) is 0.555. The number of carbonyl (C=O) groups excluding carboxylic acids is 1. The Labute approximate surface area is 43.0 Å². The van der Waals surface area contributed by atoms with Gasteiger partial charge in [0, 0.05) is 6.42 Å². The fraction of sp³-hybridized carbons (Fsp3) is 0.400. The molecule has 0 aromatic heterocycles.